The number of hydrogen-bond donors (Lipinski definition) is 1. The van der Waals surface area contributed by atoms with Gasteiger partial charge in [-0.2, -0.15) is 0 Å². The van der Waals surface area contributed by atoms with Crippen LogP contribution in [0.3, 0.4) is 0 Å². The van der Waals surface area contributed by atoms with E-state index in [1.165, 1.54) is 23.5 Å². The quantitative estimate of drug-likeness (QED) is 0.627. The second kappa shape index (κ2) is 4.88. The Bertz CT molecular complexity index is 578. The van der Waals surface area contributed by atoms with Crippen molar-refractivity contribution in [2.75, 3.05) is 5.73 Å². The summed E-state index contributed by atoms with van der Waals surface area (Å²) < 4.78 is 15.2. The van der Waals surface area contributed by atoms with Gasteiger partial charge in [0.2, 0.25) is 5.78 Å². The highest BCUT2D eigenvalue weighted by Crippen LogP contribution is 2.33. The van der Waals surface area contributed by atoms with Crippen molar-refractivity contribution in [3.63, 3.8) is 0 Å². The number of rotatable bonds is 2. The first-order chi connectivity index (χ1) is 7.99. The van der Waals surface area contributed by atoms with Gasteiger partial charge in [-0.15, -0.1) is 11.3 Å². The number of carbonyl (C=O) groups is 1. The molecule has 0 aliphatic heterocycles. The molecule has 2 aromatic rings. The zero-order chi connectivity index (χ0) is 12.6. The summed E-state index contributed by atoms with van der Waals surface area (Å²) in [7, 11) is 0. The molecule has 0 radical (unpaired) electrons. The highest BCUT2D eigenvalue weighted by Gasteiger charge is 2.17. The number of carbonyl (C=O) groups excluding carboxylic acids is 1. The number of halogens is 3. The molecule has 2 nitrogen and oxygen atoms in total. The van der Waals surface area contributed by atoms with E-state index in [2.05, 4.69) is 31.9 Å². The molecule has 0 bridgehead atoms. The number of benzene rings is 1. The fourth-order valence-electron chi connectivity index (χ4n) is 1.31. The maximum absolute atomic E-state index is 13.6. The Morgan fingerprint density at radius 1 is 1.29 bits per heavy atom. The molecule has 1 aromatic carbocycles. The van der Waals surface area contributed by atoms with E-state index in [0.29, 0.717) is 10.6 Å². The molecule has 88 valence electrons. The molecule has 2 N–H and O–H groups in total. The molecule has 2 rings (SSSR count). The Balaban J connectivity index is 2.43. The zero-order valence-electron chi connectivity index (χ0n) is 8.34. The number of ketones is 1. The lowest BCUT2D eigenvalue weighted by Crippen LogP contribution is -2.02. The molecule has 0 saturated carbocycles. The standard InChI is InChI=1S/C11H6Br2FNOS/c12-7-4-9(17-11(7)13)10(16)6-2-1-5(15)3-8(6)14/h1-4H,15H2. The fraction of sp³-hybridized carbons (Fsp3) is 0. The molecular formula is C11H6Br2FNOS. The monoisotopic (exact) mass is 377 g/mol. The molecule has 0 unspecified atom stereocenters. The summed E-state index contributed by atoms with van der Waals surface area (Å²) in [5.41, 5.74) is 5.76. The van der Waals surface area contributed by atoms with Crippen LogP contribution in [0, 0.1) is 5.82 Å². The normalized spacial score (nSPS) is 10.5. The van der Waals surface area contributed by atoms with Crippen molar-refractivity contribution in [2.24, 2.45) is 0 Å². The first-order valence-electron chi connectivity index (χ1n) is 4.53. The molecule has 0 aliphatic carbocycles. The highest BCUT2D eigenvalue weighted by molar-refractivity contribution is 9.13. The van der Waals surface area contributed by atoms with Crippen molar-refractivity contribution in [2.45, 2.75) is 0 Å². The molecule has 0 amide bonds. The minimum Gasteiger partial charge on any atom is -0.399 e. The second-order valence-corrected chi connectivity index (χ2v) is 6.53. The zero-order valence-corrected chi connectivity index (χ0v) is 12.3. The molecule has 0 saturated heterocycles. The molecular weight excluding hydrogens is 373 g/mol. The molecule has 17 heavy (non-hydrogen) atoms. The van der Waals surface area contributed by atoms with Crippen LogP contribution in [0.1, 0.15) is 15.2 Å². The van der Waals surface area contributed by atoms with Gasteiger partial charge in [-0.25, -0.2) is 4.39 Å². The molecule has 0 fully saturated rings. The summed E-state index contributed by atoms with van der Waals surface area (Å²) in [6.45, 7) is 0. The highest BCUT2D eigenvalue weighted by atomic mass is 79.9. The summed E-state index contributed by atoms with van der Waals surface area (Å²) in [5, 5.41) is 0. The van der Waals surface area contributed by atoms with E-state index >= 15 is 0 Å². The number of nitrogens with two attached hydrogens (primary N) is 1. The third kappa shape index (κ3) is 2.59. The van der Waals surface area contributed by atoms with Gasteiger partial charge < -0.3 is 5.73 Å². The lowest BCUT2D eigenvalue weighted by atomic mass is 10.1. The van der Waals surface area contributed by atoms with Gasteiger partial charge in [0, 0.05) is 10.2 Å². The molecule has 6 heteroatoms. The lowest BCUT2D eigenvalue weighted by molar-refractivity contribution is 0.103. The minimum absolute atomic E-state index is 0.0282. The molecule has 1 heterocycles. The van der Waals surface area contributed by atoms with Crippen molar-refractivity contribution in [1.82, 2.24) is 0 Å². The van der Waals surface area contributed by atoms with Gasteiger partial charge in [-0.05, 0) is 56.1 Å². The third-order valence-corrected chi connectivity index (χ3v) is 5.36. The number of nitrogen functional groups attached to an aromatic ring is 1. The lowest BCUT2D eigenvalue weighted by Gasteiger charge is -2.01. The van der Waals surface area contributed by atoms with Crippen molar-refractivity contribution in [3.8, 4) is 0 Å². The Morgan fingerprint density at radius 2 is 2.00 bits per heavy atom. The van der Waals surface area contributed by atoms with Crippen molar-refractivity contribution >= 4 is 54.7 Å². The summed E-state index contributed by atoms with van der Waals surface area (Å²) in [4.78, 5) is 12.5. The first-order valence-corrected chi connectivity index (χ1v) is 6.94. The Hall–Kier alpha value is -0.720. The van der Waals surface area contributed by atoms with Gasteiger partial charge in [-0.3, -0.25) is 4.79 Å². The van der Waals surface area contributed by atoms with E-state index in [9.17, 15) is 9.18 Å². The van der Waals surface area contributed by atoms with E-state index in [0.717, 1.165) is 14.3 Å². The number of anilines is 1. The van der Waals surface area contributed by atoms with Crippen LogP contribution < -0.4 is 5.73 Å². The molecule has 1 aromatic heterocycles. The summed E-state index contributed by atoms with van der Waals surface area (Å²) in [6.07, 6.45) is 0. The van der Waals surface area contributed by atoms with E-state index in [1.807, 2.05) is 0 Å². The first kappa shape index (κ1) is 12.7. The molecule has 0 aliphatic rings. The second-order valence-electron chi connectivity index (χ2n) is 3.30. The largest absolute Gasteiger partial charge is 0.399 e. The van der Waals surface area contributed by atoms with Crippen LogP contribution in [0.5, 0.6) is 0 Å². The SMILES string of the molecule is Nc1ccc(C(=O)c2cc(Br)c(Br)s2)c(F)c1. The fourth-order valence-corrected chi connectivity index (χ4v) is 3.30. The van der Waals surface area contributed by atoms with Crippen LogP contribution >= 0.6 is 43.2 Å². The maximum Gasteiger partial charge on any atom is 0.205 e. The Labute approximate surface area is 118 Å². The van der Waals surface area contributed by atoms with Crippen LogP contribution in [0.15, 0.2) is 32.5 Å². The van der Waals surface area contributed by atoms with Crippen molar-refractivity contribution in [3.05, 3.63) is 48.8 Å². The van der Waals surface area contributed by atoms with Gasteiger partial charge in [-0.1, -0.05) is 0 Å². The summed E-state index contributed by atoms with van der Waals surface area (Å²) >= 11 is 7.83. The molecule has 0 spiro atoms. The predicted octanol–water partition coefficient (Wildman–Crippen LogP) is 4.23. The van der Waals surface area contributed by atoms with Gasteiger partial charge in [0.05, 0.1) is 14.2 Å². The smallest absolute Gasteiger partial charge is 0.205 e. The van der Waals surface area contributed by atoms with E-state index < -0.39 is 5.82 Å². The van der Waals surface area contributed by atoms with E-state index in [1.54, 1.807) is 6.07 Å². The van der Waals surface area contributed by atoms with Gasteiger partial charge >= 0.3 is 0 Å². The van der Waals surface area contributed by atoms with Crippen molar-refractivity contribution < 1.29 is 9.18 Å². The topological polar surface area (TPSA) is 43.1 Å². The van der Waals surface area contributed by atoms with Crippen LogP contribution in [0.2, 0.25) is 0 Å². The van der Waals surface area contributed by atoms with Crippen LogP contribution in [-0.4, -0.2) is 5.78 Å². The third-order valence-electron chi connectivity index (χ3n) is 2.11. The average molecular weight is 379 g/mol. The maximum atomic E-state index is 13.6. The summed E-state index contributed by atoms with van der Waals surface area (Å²) in [6, 6.07) is 5.71. The van der Waals surface area contributed by atoms with Gasteiger partial charge in [0.25, 0.3) is 0 Å². The van der Waals surface area contributed by atoms with Crippen LogP contribution in [0.4, 0.5) is 10.1 Å². The van der Waals surface area contributed by atoms with Crippen LogP contribution in [0.25, 0.3) is 0 Å². The average Bonchev–Trinajstić information content (AvgIpc) is 2.58. The van der Waals surface area contributed by atoms with Crippen LogP contribution in [-0.2, 0) is 0 Å². The van der Waals surface area contributed by atoms with E-state index in [4.69, 9.17) is 5.73 Å². The Morgan fingerprint density at radius 3 is 2.53 bits per heavy atom. The van der Waals surface area contributed by atoms with E-state index in [-0.39, 0.29) is 11.3 Å². The van der Waals surface area contributed by atoms with Crippen molar-refractivity contribution in [1.29, 1.82) is 0 Å². The number of thiophene rings is 1. The van der Waals surface area contributed by atoms with Gasteiger partial charge in [0.15, 0.2) is 0 Å². The summed E-state index contributed by atoms with van der Waals surface area (Å²) in [5.74, 6) is -0.949. The van der Waals surface area contributed by atoms with Gasteiger partial charge in [0.1, 0.15) is 5.82 Å². The Kier molecular flexibility index (Phi) is 3.65. The molecule has 0 atom stereocenters. The minimum atomic E-state index is -0.601. The number of hydrogen-bond acceptors (Lipinski definition) is 3. The predicted molar refractivity (Wildman–Crippen MR) is 74.0 cm³/mol.